The lowest BCUT2D eigenvalue weighted by Gasteiger charge is -2.15. The number of nitrogens with zero attached hydrogens (tertiary/aromatic N) is 5. The van der Waals surface area contributed by atoms with Crippen LogP contribution in [0.1, 0.15) is 18.6 Å². The SMILES string of the molecule is C[C@@H](OC(=O)Nc1c(-c2ncc(N)cn2)cnn1C)c1cc(F)cnc1F. The van der Waals surface area contributed by atoms with Gasteiger partial charge in [-0.05, 0) is 13.0 Å². The molecule has 0 aliphatic heterocycles. The minimum Gasteiger partial charge on any atom is -0.441 e. The lowest BCUT2D eigenvalue weighted by Crippen LogP contribution is -2.19. The molecule has 0 spiro atoms. The molecular weight excluding hydrogens is 360 g/mol. The fourth-order valence-electron chi connectivity index (χ4n) is 2.30. The Bertz CT molecular complexity index is 975. The number of pyridine rings is 1. The van der Waals surface area contributed by atoms with E-state index in [1.165, 1.54) is 30.2 Å². The lowest BCUT2D eigenvalue weighted by atomic mass is 10.2. The molecule has 9 nitrogen and oxygen atoms in total. The van der Waals surface area contributed by atoms with Crippen LogP contribution >= 0.6 is 0 Å². The molecule has 0 aliphatic carbocycles. The summed E-state index contributed by atoms with van der Waals surface area (Å²) in [4.78, 5) is 23.6. The molecule has 3 N–H and O–H groups in total. The van der Waals surface area contributed by atoms with Gasteiger partial charge in [0.25, 0.3) is 0 Å². The lowest BCUT2D eigenvalue weighted by molar-refractivity contribution is 0.118. The predicted octanol–water partition coefficient (Wildman–Crippen LogP) is 2.44. The van der Waals surface area contributed by atoms with Crippen molar-refractivity contribution in [1.82, 2.24) is 24.7 Å². The number of halogens is 2. The van der Waals surface area contributed by atoms with Crippen LogP contribution in [0.25, 0.3) is 11.4 Å². The van der Waals surface area contributed by atoms with Crippen molar-refractivity contribution in [2.45, 2.75) is 13.0 Å². The highest BCUT2D eigenvalue weighted by Gasteiger charge is 2.20. The van der Waals surface area contributed by atoms with Crippen molar-refractivity contribution in [3.05, 3.63) is 48.2 Å². The van der Waals surface area contributed by atoms with Crippen LogP contribution in [0.2, 0.25) is 0 Å². The van der Waals surface area contributed by atoms with E-state index in [0.29, 0.717) is 17.1 Å². The van der Waals surface area contributed by atoms with Gasteiger partial charge >= 0.3 is 6.09 Å². The third-order valence-corrected chi connectivity index (χ3v) is 3.63. The van der Waals surface area contributed by atoms with Crippen LogP contribution in [0.5, 0.6) is 0 Å². The Balaban J connectivity index is 1.77. The van der Waals surface area contributed by atoms with Crippen LogP contribution < -0.4 is 11.1 Å². The number of rotatable bonds is 4. The minimum atomic E-state index is -1.07. The summed E-state index contributed by atoms with van der Waals surface area (Å²) in [7, 11) is 1.59. The quantitative estimate of drug-likeness (QED) is 0.672. The van der Waals surface area contributed by atoms with Gasteiger partial charge < -0.3 is 10.5 Å². The van der Waals surface area contributed by atoms with Crippen molar-refractivity contribution >= 4 is 17.6 Å². The van der Waals surface area contributed by atoms with Crippen molar-refractivity contribution in [3.63, 3.8) is 0 Å². The number of hydrogen-bond acceptors (Lipinski definition) is 7. The molecule has 0 saturated carbocycles. The Morgan fingerprint density at radius 2 is 1.93 bits per heavy atom. The number of hydrogen-bond donors (Lipinski definition) is 2. The first-order valence-electron chi connectivity index (χ1n) is 7.73. The van der Waals surface area contributed by atoms with E-state index in [9.17, 15) is 13.6 Å². The van der Waals surface area contributed by atoms with Gasteiger partial charge in [0, 0.05) is 7.05 Å². The maximum atomic E-state index is 13.7. The average Bonchev–Trinajstić information content (AvgIpc) is 2.98. The number of aromatic nitrogens is 5. The maximum absolute atomic E-state index is 13.7. The molecule has 0 radical (unpaired) electrons. The fourth-order valence-corrected chi connectivity index (χ4v) is 2.30. The second-order valence-corrected chi connectivity index (χ2v) is 5.58. The molecule has 140 valence electrons. The number of nitrogen functional groups attached to an aromatic ring is 1. The average molecular weight is 375 g/mol. The van der Waals surface area contributed by atoms with Gasteiger partial charge in [0.15, 0.2) is 5.82 Å². The third kappa shape index (κ3) is 3.97. The molecule has 0 aromatic carbocycles. The Kier molecular flexibility index (Phi) is 4.92. The highest BCUT2D eigenvalue weighted by atomic mass is 19.1. The smallest absolute Gasteiger partial charge is 0.413 e. The molecule has 3 rings (SSSR count). The molecule has 3 heterocycles. The molecular formula is C16H15F2N7O2. The first kappa shape index (κ1) is 18.2. The molecule has 1 atom stereocenters. The molecule has 0 saturated heterocycles. The molecule has 11 heteroatoms. The molecule has 0 unspecified atom stereocenters. The number of ether oxygens (including phenoxy) is 1. The van der Waals surface area contributed by atoms with E-state index in [2.05, 4.69) is 25.4 Å². The predicted molar refractivity (Wildman–Crippen MR) is 91.3 cm³/mol. The topological polar surface area (TPSA) is 121 Å². The van der Waals surface area contributed by atoms with Gasteiger partial charge in [-0.25, -0.2) is 24.1 Å². The second kappa shape index (κ2) is 7.32. The molecule has 0 aliphatic rings. The standard InChI is InChI=1S/C16H15F2N7O2/c1-8(11-3-9(17)4-20-13(11)18)27-16(26)24-15-12(7-23-25(15)2)14-21-5-10(19)6-22-14/h3-8H,19H2,1-2H3,(H,24,26)/t8-/m1/s1. The Hall–Kier alpha value is -3.63. The first-order chi connectivity index (χ1) is 12.8. The zero-order valence-electron chi connectivity index (χ0n) is 14.3. The van der Waals surface area contributed by atoms with E-state index >= 15 is 0 Å². The molecule has 27 heavy (non-hydrogen) atoms. The normalized spacial score (nSPS) is 11.9. The Labute approximate surface area is 152 Å². The zero-order valence-corrected chi connectivity index (χ0v) is 14.3. The number of carbonyl (C=O) groups is 1. The van der Waals surface area contributed by atoms with Gasteiger partial charge in [0.1, 0.15) is 17.7 Å². The van der Waals surface area contributed by atoms with Crippen LogP contribution in [-0.2, 0) is 11.8 Å². The molecule has 3 aromatic rings. The van der Waals surface area contributed by atoms with Crippen LogP contribution in [0.15, 0.2) is 30.9 Å². The van der Waals surface area contributed by atoms with Crippen molar-refractivity contribution in [1.29, 1.82) is 0 Å². The van der Waals surface area contributed by atoms with Gasteiger partial charge in [-0.3, -0.25) is 10.00 Å². The third-order valence-electron chi connectivity index (χ3n) is 3.63. The minimum absolute atomic E-state index is 0.183. The Morgan fingerprint density at radius 3 is 2.63 bits per heavy atom. The number of nitrogens with two attached hydrogens (primary N) is 1. The highest BCUT2D eigenvalue weighted by molar-refractivity contribution is 5.88. The fraction of sp³-hybridized carbons (Fsp3) is 0.188. The summed E-state index contributed by atoms with van der Waals surface area (Å²) in [6.07, 6.45) is 3.06. The van der Waals surface area contributed by atoms with Gasteiger partial charge in [0.2, 0.25) is 5.95 Å². The van der Waals surface area contributed by atoms with Crippen molar-refractivity contribution in [3.8, 4) is 11.4 Å². The van der Waals surface area contributed by atoms with Crippen LogP contribution in [0, 0.1) is 11.8 Å². The van der Waals surface area contributed by atoms with Crippen molar-refractivity contribution in [2.24, 2.45) is 7.05 Å². The van der Waals surface area contributed by atoms with E-state index in [4.69, 9.17) is 10.5 Å². The summed E-state index contributed by atoms with van der Waals surface area (Å²) >= 11 is 0. The molecule has 1 amide bonds. The summed E-state index contributed by atoms with van der Waals surface area (Å²) in [6.45, 7) is 1.40. The summed E-state index contributed by atoms with van der Waals surface area (Å²) in [5, 5.41) is 6.55. The van der Waals surface area contributed by atoms with E-state index in [0.717, 1.165) is 12.3 Å². The van der Waals surface area contributed by atoms with E-state index in [-0.39, 0.29) is 11.4 Å². The molecule has 0 bridgehead atoms. The number of amides is 1. The summed E-state index contributed by atoms with van der Waals surface area (Å²) < 4.78 is 33.4. The molecule has 0 fully saturated rings. The number of nitrogens with one attached hydrogen (secondary N) is 1. The largest absolute Gasteiger partial charge is 0.441 e. The van der Waals surface area contributed by atoms with Crippen molar-refractivity contribution in [2.75, 3.05) is 11.1 Å². The summed E-state index contributed by atoms with van der Waals surface area (Å²) in [6, 6.07) is 0.915. The van der Waals surface area contributed by atoms with E-state index in [1.54, 1.807) is 7.05 Å². The number of aryl methyl sites for hydroxylation is 1. The first-order valence-corrected chi connectivity index (χ1v) is 7.73. The number of anilines is 2. The van der Waals surface area contributed by atoms with E-state index in [1.807, 2.05) is 0 Å². The number of carbonyl (C=O) groups excluding carboxylic acids is 1. The van der Waals surface area contributed by atoms with E-state index < -0.39 is 24.0 Å². The van der Waals surface area contributed by atoms with Gasteiger partial charge in [-0.1, -0.05) is 0 Å². The summed E-state index contributed by atoms with van der Waals surface area (Å²) in [5.74, 6) is -1.11. The monoisotopic (exact) mass is 375 g/mol. The van der Waals surface area contributed by atoms with Crippen molar-refractivity contribution < 1.29 is 18.3 Å². The van der Waals surface area contributed by atoms with Crippen LogP contribution in [0.4, 0.5) is 25.1 Å². The van der Waals surface area contributed by atoms with Gasteiger partial charge in [-0.15, -0.1) is 0 Å². The van der Waals surface area contributed by atoms with Crippen LogP contribution in [0.3, 0.4) is 0 Å². The zero-order chi connectivity index (χ0) is 19.6. The van der Waals surface area contributed by atoms with Gasteiger partial charge in [0.05, 0.1) is 41.6 Å². The van der Waals surface area contributed by atoms with Crippen LogP contribution in [-0.4, -0.2) is 30.8 Å². The molecule has 3 aromatic heterocycles. The maximum Gasteiger partial charge on any atom is 0.413 e. The highest BCUT2D eigenvalue weighted by Crippen LogP contribution is 2.26. The van der Waals surface area contributed by atoms with Gasteiger partial charge in [-0.2, -0.15) is 9.49 Å². The Morgan fingerprint density at radius 1 is 1.22 bits per heavy atom. The summed E-state index contributed by atoms with van der Waals surface area (Å²) in [5.41, 5.74) is 6.20. The second-order valence-electron chi connectivity index (χ2n) is 5.58.